The molecule has 0 saturated heterocycles. The summed E-state index contributed by atoms with van der Waals surface area (Å²) in [5.41, 5.74) is 15.3. The van der Waals surface area contributed by atoms with E-state index in [2.05, 4.69) is 182 Å². The number of benzene rings is 9. The SMILES string of the molecule is c1ccc(-c2ccc(-c3c4ccccc4c(-c4ccc(-c5cc6c7c(cccc7c5)-c5ccccc5-6)cc4)c4ccccc34)cc2)cc1. The summed E-state index contributed by atoms with van der Waals surface area (Å²) in [4.78, 5) is 0. The van der Waals surface area contributed by atoms with Gasteiger partial charge >= 0.3 is 0 Å². The summed E-state index contributed by atoms with van der Waals surface area (Å²) in [7, 11) is 0. The van der Waals surface area contributed by atoms with Crippen molar-refractivity contribution in [2.75, 3.05) is 0 Å². The highest BCUT2D eigenvalue weighted by Crippen LogP contribution is 2.49. The minimum absolute atomic E-state index is 1.23. The highest BCUT2D eigenvalue weighted by molar-refractivity contribution is 6.21. The second kappa shape index (κ2) is 10.7. The molecule has 0 heterocycles. The zero-order chi connectivity index (χ0) is 31.6. The molecular formula is C48H30. The van der Waals surface area contributed by atoms with Crippen LogP contribution in [0.25, 0.3) is 99.1 Å². The van der Waals surface area contributed by atoms with Crippen molar-refractivity contribution in [1.29, 1.82) is 0 Å². The van der Waals surface area contributed by atoms with Gasteiger partial charge in [-0.3, -0.25) is 0 Å². The van der Waals surface area contributed by atoms with E-state index < -0.39 is 0 Å². The highest BCUT2D eigenvalue weighted by atomic mass is 14.2. The second-order valence-corrected chi connectivity index (χ2v) is 12.8. The average Bonchev–Trinajstić information content (AvgIpc) is 3.49. The van der Waals surface area contributed by atoms with Gasteiger partial charge in [-0.2, -0.15) is 0 Å². The second-order valence-electron chi connectivity index (χ2n) is 12.8. The third kappa shape index (κ3) is 4.10. The Morgan fingerprint density at radius 2 is 0.646 bits per heavy atom. The number of hydrogen-bond donors (Lipinski definition) is 0. The average molecular weight is 607 g/mol. The van der Waals surface area contributed by atoms with E-state index in [1.54, 1.807) is 0 Å². The van der Waals surface area contributed by atoms with E-state index in [4.69, 9.17) is 0 Å². The van der Waals surface area contributed by atoms with Crippen molar-refractivity contribution in [2.24, 2.45) is 0 Å². The molecule has 0 spiro atoms. The lowest BCUT2D eigenvalue weighted by atomic mass is 9.85. The van der Waals surface area contributed by atoms with E-state index in [0.29, 0.717) is 0 Å². The van der Waals surface area contributed by atoms with Gasteiger partial charge in [-0.05, 0) is 111 Å². The fraction of sp³-hybridized carbons (Fsp3) is 0. The van der Waals surface area contributed by atoms with E-state index in [1.165, 1.54) is 99.1 Å². The Kier molecular flexibility index (Phi) is 5.98. The van der Waals surface area contributed by atoms with Gasteiger partial charge in [0.05, 0.1) is 0 Å². The minimum atomic E-state index is 1.23. The van der Waals surface area contributed by atoms with Crippen molar-refractivity contribution in [2.45, 2.75) is 0 Å². The van der Waals surface area contributed by atoms with Crippen molar-refractivity contribution in [3.8, 4) is 66.8 Å². The molecule has 0 aliphatic heterocycles. The molecule has 0 radical (unpaired) electrons. The molecule has 0 nitrogen and oxygen atoms in total. The van der Waals surface area contributed by atoms with Crippen molar-refractivity contribution >= 4 is 32.3 Å². The molecule has 48 heavy (non-hydrogen) atoms. The summed E-state index contributed by atoms with van der Waals surface area (Å²) in [6.07, 6.45) is 0. The normalized spacial score (nSPS) is 11.8. The molecule has 0 saturated carbocycles. The molecule has 0 aromatic heterocycles. The van der Waals surface area contributed by atoms with Gasteiger partial charge in [-0.1, -0.05) is 170 Å². The third-order valence-corrected chi connectivity index (χ3v) is 10.2. The van der Waals surface area contributed by atoms with Crippen LogP contribution in [0.15, 0.2) is 182 Å². The van der Waals surface area contributed by atoms with Gasteiger partial charge in [-0.25, -0.2) is 0 Å². The first-order valence-corrected chi connectivity index (χ1v) is 16.7. The van der Waals surface area contributed by atoms with E-state index >= 15 is 0 Å². The number of rotatable bonds is 4. The molecule has 0 amide bonds. The predicted octanol–water partition coefficient (Wildman–Crippen LogP) is 13.5. The van der Waals surface area contributed by atoms with Crippen molar-refractivity contribution < 1.29 is 0 Å². The van der Waals surface area contributed by atoms with Gasteiger partial charge in [0, 0.05) is 0 Å². The molecule has 9 aromatic carbocycles. The summed E-state index contributed by atoms with van der Waals surface area (Å²) in [6, 6.07) is 66.9. The summed E-state index contributed by atoms with van der Waals surface area (Å²) < 4.78 is 0. The maximum absolute atomic E-state index is 2.38. The predicted molar refractivity (Wildman–Crippen MR) is 205 cm³/mol. The molecule has 9 aromatic rings. The van der Waals surface area contributed by atoms with E-state index in [1.807, 2.05) is 0 Å². The van der Waals surface area contributed by atoms with Crippen LogP contribution >= 0.6 is 0 Å². The third-order valence-electron chi connectivity index (χ3n) is 10.2. The minimum Gasteiger partial charge on any atom is -0.0622 e. The van der Waals surface area contributed by atoms with Crippen LogP contribution < -0.4 is 0 Å². The zero-order valence-electron chi connectivity index (χ0n) is 26.3. The van der Waals surface area contributed by atoms with Crippen LogP contribution in [-0.4, -0.2) is 0 Å². The Hall–Kier alpha value is -6.24. The lowest BCUT2D eigenvalue weighted by Crippen LogP contribution is -1.91. The van der Waals surface area contributed by atoms with Crippen LogP contribution in [0.5, 0.6) is 0 Å². The van der Waals surface area contributed by atoms with Crippen molar-refractivity contribution in [3.63, 3.8) is 0 Å². The largest absolute Gasteiger partial charge is 0.0622 e. The van der Waals surface area contributed by atoms with E-state index in [0.717, 1.165) is 0 Å². The van der Waals surface area contributed by atoms with Gasteiger partial charge in [0.25, 0.3) is 0 Å². The van der Waals surface area contributed by atoms with Crippen LogP contribution in [-0.2, 0) is 0 Å². The molecule has 0 atom stereocenters. The lowest BCUT2D eigenvalue weighted by Gasteiger charge is -2.18. The fourth-order valence-corrected chi connectivity index (χ4v) is 8.02. The smallest absolute Gasteiger partial charge is 0.00259 e. The Balaban J connectivity index is 1.11. The van der Waals surface area contributed by atoms with Gasteiger partial charge in [0.2, 0.25) is 0 Å². The first-order valence-electron chi connectivity index (χ1n) is 16.7. The first-order chi connectivity index (χ1) is 23.8. The molecular weight excluding hydrogens is 577 g/mol. The molecule has 10 rings (SSSR count). The number of hydrogen-bond acceptors (Lipinski definition) is 0. The summed E-state index contributed by atoms with van der Waals surface area (Å²) in [5, 5.41) is 7.75. The number of fused-ring (bicyclic) bond motifs is 5. The summed E-state index contributed by atoms with van der Waals surface area (Å²) >= 11 is 0. The molecule has 0 fully saturated rings. The lowest BCUT2D eigenvalue weighted by molar-refractivity contribution is 1.61. The zero-order valence-corrected chi connectivity index (χ0v) is 26.3. The standard InChI is InChI=1S/C48H30/c1-2-11-31(12-3-1)32-21-25-34(26-22-32)46-41-16-6-8-18-43(41)47(44-19-9-7-17-42(44)46)35-27-23-33(24-28-35)37-29-36-13-10-20-40-38-14-4-5-15-39(38)45(30-37)48(36)40/h1-30H. The van der Waals surface area contributed by atoms with E-state index in [-0.39, 0.29) is 0 Å². The van der Waals surface area contributed by atoms with Crippen LogP contribution in [0.3, 0.4) is 0 Å². The molecule has 0 bridgehead atoms. The molecule has 0 heteroatoms. The molecule has 0 unspecified atom stereocenters. The van der Waals surface area contributed by atoms with Gasteiger partial charge < -0.3 is 0 Å². The monoisotopic (exact) mass is 606 g/mol. The van der Waals surface area contributed by atoms with Gasteiger partial charge in [0.15, 0.2) is 0 Å². The Morgan fingerprint density at radius 3 is 1.21 bits per heavy atom. The van der Waals surface area contributed by atoms with Gasteiger partial charge in [-0.15, -0.1) is 0 Å². The topological polar surface area (TPSA) is 0 Å². The molecule has 1 aliphatic rings. The van der Waals surface area contributed by atoms with Crippen LogP contribution in [0.2, 0.25) is 0 Å². The Morgan fingerprint density at radius 1 is 0.229 bits per heavy atom. The van der Waals surface area contributed by atoms with Gasteiger partial charge in [0.1, 0.15) is 0 Å². The van der Waals surface area contributed by atoms with Crippen LogP contribution in [0.4, 0.5) is 0 Å². The van der Waals surface area contributed by atoms with E-state index in [9.17, 15) is 0 Å². The molecule has 0 N–H and O–H groups in total. The van der Waals surface area contributed by atoms with Crippen molar-refractivity contribution in [1.82, 2.24) is 0 Å². The molecule has 222 valence electrons. The maximum atomic E-state index is 2.38. The Bertz CT molecular complexity index is 2620. The van der Waals surface area contributed by atoms with Crippen LogP contribution in [0.1, 0.15) is 0 Å². The summed E-state index contributed by atoms with van der Waals surface area (Å²) in [5.74, 6) is 0. The maximum Gasteiger partial charge on any atom is -0.00259 e. The van der Waals surface area contributed by atoms with Crippen LogP contribution in [0, 0.1) is 0 Å². The molecule has 1 aliphatic carbocycles. The first kappa shape index (κ1) is 26.9. The summed E-state index contributed by atoms with van der Waals surface area (Å²) in [6.45, 7) is 0. The highest BCUT2D eigenvalue weighted by Gasteiger charge is 2.22. The van der Waals surface area contributed by atoms with Crippen molar-refractivity contribution in [3.05, 3.63) is 182 Å². The quantitative estimate of drug-likeness (QED) is 0.175. The fourth-order valence-electron chi connectivity index (χ4n) is 8.02. The Labute approximate surface area is 280 Å².